The van der Waals surface area contributed by atoms with E-state index in [9.17, 15) is 9.59 Å². The highest BCUT2D eigenvalue weighted by molar-refractivity contribution is 6.04. The molecule has 0 fully saturated rings. The van der Waals surface area contributed by atoms with Crippen LogP contribution < -0.4 is 20.1 Å². The van der Waals surface area contributed by atoms with Crippen LogP contribution in [0, 0.1) is 0 Å². The Morgan fingerprint density at radius 1 is 0.871 bits per heavy atom. The minimum absolute atomic E-state index is 0.265. The number of anilines is 1. The van der Waals surface area contributed by atoms with Gasteiger partial charge < -0.3 is 20.1 Å². The molecule has 6 nitrogen and oxygen atoms in total. The predicted molar refractivity (Wildman–Crippen MR) is 120 cm³/mol. The molecule has 0 bridgehead atoms. The number of hydrogen-bond donors (Lipinski definition) is 2. The third kappa shape index (κ3) is 5.85. The van der Waals surface area contributed by atoms with Gasteiger partial charge in [-0.25, -0.2) is 0 Å². The lowest BCUT2D eigenvalue weighted by atomic mass is 10.1. The molecule has 6 heteroatoms. The molecule has 1 atom stereocenters. The third-order valence-corrected chi connectivity index (χ3v) is 4.73. The Morgan fingerprint density at radius 2 is 1.52 bits per heavy atom. The normalized spacial score (nSPS) is 11.3. The van der Waals surface area contributed by atoms with Crippen LogP contribution in [0.3, 0.4) is 0 Å². The van der Waals surface area contributed by atoms with Crippen molar-refractivity contribution < 1.29 is 19.1 Å². The van der Waals surface area contributed by atoms with Crippen LogP contribution in [-0.4, -0.2) is 25.0 Å². The maximum atomic E-state index is 12.9. The quantitative estimate of drug-likeness (QED) is 0.539. The summed E-state index contributed by atoms with van der Waals surface area (Å²) >= 11 is 0. The second-order valence-corrected chi connectivity index (χ2v) is 6.87. The van der Waals surface area contributed by atoms with E-state index >= 15 is 0 Å². The van der Waals surface area contributed by atoms with Crippen LogP contribution in [0.5, 0.6) is 11.5 Å². The molecule has 2 amide bonds. The molecule has 3 aromatic carbocycles. The third-order valence-electron chi connectivity index (χ3n) is 4.73. The van der Waals surface area contributed by atoms with Crippen LogP contribution in [0.4, 0.5) is 5.69 Å². The maximum Gasteiger partial charge on any atom is 0.265 e. The molecule has 160 valence electrons. The summed E-state index contributed by atoms with van der Waals surface area (Å²) in [5, 5.41) is 5.72. The number of carbonyl (C=O) groups is 2. The number of ether oxygens (including phenoxy) is 2. The predicted octanol–water partition coefficient (Wildman–Crippen LogP) is 4.42. The van der Waals surface area contributed by atoms with E-state index in [1.807, 2.05) is 49.4 Å². The van der Waals surface area contributed by atoms with Crippen molar-refractivity contribution in [3.05, 3.63) is 90.0 Å². The Labute approximate surface area is 182 Å². The molecule has 0 saturated carbocycles. The van der Waals surface area contributed by atoms with Gasteiger partial charge in [-0.2, -0.15) is 0 Å². The van der Waals surface area contributed by atoms with Crippen molar-refractivity contribution in [1.29, 1.82) is 0 Å². The summed E-state index contributed by atoms with van der Waals surface area (Å²) in [6.45, 7) is 2.26. The van der Waals surface area contributed by atoms with E-state index in [1.54, 1.807) is 43.5 Å². The Kier molecular flexibility index (Phi) is 7.65. The molecule has 0 heterocycles. The molecule has 0 aliphatic heterocycles. The molecule has 3 rings (SSSR count). The molecule has 0 aliphatic carbocycles. The van der Waals surface area contributed by atoms with Gasteiger partial charge in [0.15, 0.2) is 17.6 Å². The molecule has 0 aromatic heterocycles. The smallest absolute Gasteiger partial charge is 0.265 e. The molecule has 0 unspecified atom stereocenters. The summed E-state index contributed by atoms with van der Waals surface area (Å²) in [7, 11) is 1.55. The lowest BCUT2D eigenvalue weighted by Gasteiger charge is -2.19. The van der Waals surface area contributed by atoms with Gasteiger partial charge >= 0.3 is 0 Å². The summed E-state index contributed by atoms with van der Waals surface area (Å²) in [6, 6.07) is 23.7. The molecule has 3 aromatic rings. The Balaban J connectivity index is 1.69. The second-order valence-electron chi connectivity index (χ2n) is 6.87. The highest BCUT2D eigenvalue weighted by Crippen LogP contribution is 2.27. The lowest BCUT2D eigenvalue weighted by molar-refractivity contribution is -0.122. The number of carbonyl (C=O) groups excluding carboxylic acids is 2. The Hall–Kier alpha value is -3.80. The van der Waals surface area contributed by atoms with E-state index in [4.69, 9.17) is 9.47 Å². The van der Waals surface area contributed by atoms with Crippen molar-refractivity contribution in [2.24, 2.45) is 0 Å². The number of nitrogens with one attached hydrogen (secondary N) is 2. The van der Waals surface area contributed by atoms with Crippen molar-refractivity contribution >= 4 is 17.5 Å². The van der Waals surface area contributed by atoms with Crippen LogP contribution in [0.25, 0.3) is 0 Å². The van der Waals surface area contributed by atoms with Crippen molar-refractivity contribution in [2.75, 3.05) is 12.4 Å². The topological polar surface area (TPSA) is 76.7 Å². The van der Waals surface area contributed by atoms with Crippen molar-refractivity contribution in [2.45, 2.75) is 26.0 Å². The number of rotatable bonds is 9. The van der Waals surface area contributed by atoms with E-state index in [2.05, 4.69) is 10.6 Å². The van der Waals surface area contributed by atoms with E-state index < -0.39 is 6.10 Å². The van der Waals surface area contributed by atoms with E-state index in [1.165, 1.54) is 0 Å². The molecule has 2 N–H and O–H groups in total. The number of methoxy groups -OCH3 is 1. The van der Waals surface area contributed by atoms with Crippen LogP contribution in [-0.2, 0) is 11.3 Å². The summed E-state index contributed by atoms with van der Waals surface area (Å²) < 4.78 is 11.2. The van der Waals surface area contributed by atoms with Gasteiger partial charge in [-0.05, 0) is 36.2 Å². The SMILES string of the molecule is CC[C@H](Oc1ccccc1OC)C(=O)Nc1ccccc1C(=O)NCc1ccccc1. The standard InChI is InChI=1S/C25H26N2O4/c1-3-21(31-23-16-10-9-15-22(23)30-2)25(29)27-20-14-8-7-13-19(20)24(28)26-17-18-11-5-4-6-12-18/h4-16,21H,3,17H2,1-2H3,(H,26,28)(H,27,29)/t21-/m0/s1. The number of para-hydroxylation sites is 3. The lowest BCUT2D eigenvalue weighted by Crippen LogP contribution is -2.33. The number of benzene rings is 3. The van der Waals surface area contributed by atoms with Crippen LogP contribution in [0.2, 0.25) is 0 Å². The second kappa shape index (κ2) is 10.8. The molecular formula is C25H26N2O4. The molecule has 0 radical (unpaired) electrons. The van der Waals surface area contributed by atoms with Crippen molar-refractivity contribution in [3.8, 4) is 11.5 Å². The minimum Gasteiger partial charge on any atom is -0.493 e. The van der Waals surface area contributed by atoms with Gasteiger partial charge in [0.1, 0.15) is 0 Å². The van der Waals surface area contributed by atoms with Crippen molar-refractivity contribution in [1.82, 2.24) is 5.32 Å². The number of amides is 2. The summed E-state index contributed by atoms with van der Waals surface area (Å²) in [4.78, 5) is 25.6. The Morgan fingerprint density at radius 3 is 2.23 bits per heavy atom. The zero-order valence-corrected chi connectivity index (χ0v) is 17.6. The fourth-order valence-corrected chi connectivity index (χ4v) is 3.07. The summed E-state index contributed by atoms with van der Waals surface area (Å²) in [5.41, 5.74) is 1.81. The van der Waals surface area contributed by atoms with Crippen LogP contribution >= 0.6 is 0 Å². The first-order valence-corrected chi connectivity index (χ1v) is 10.1. The number of hydrogen-bond acceptors (Lipinski definition) is 4. The highest BCUT2D eigenvalue weighted by Gasteiger charge is 2.22. The first-order chi connectivity index (χ1) is 15.1. The molecule has 0 spiro atoms. The Bertz CT molecular complexity index is 1020. The van der Waals surface area contributed by atoms with Gasteiger partial charge in [0.25, 0.3) is 11.8 Å². The van der Waals surface area contributed by atoms with Gasteiger partial charge in [-0.15, -0.1) is 0 Å². The van der Waals surface area contributed by atoms with Gasteiger partial charge in [0.2, 0.25) is 0 Å². The fourth-order valence-electron chi connectivity index (χ4n) is 3.07. The largest absolute Gasteiger partial charge is 0.493 e. The average molecular weight is 418 g/mol. The summed E-state index contributed by atoms with van der Waals surface area (Å²) in [5.74, 6) is 0.436. The monoisotopic (exact) mass is 418 g/mol. The van der Waals surface area contributed by atoms with E-state index in [-0.39, 0.29) is 11.8 Å². The van der Waals surface area contributed by atoms with E-state index in [0.29, 0.717) is 35.7 Å². The van der Waals surface area contributed by atoms with Gasteiger partial charge in [-0.3, -0.25) is 9.59 Å². The molecule has 0 aliphatic rings. The average Bonchev–Trinajstić information content (AvgIpc) is 2.82. The van der Waals surface area contributed by atoms with Gasteiger partial charge in [-0.1, -0.05) is 61.5 Å². The molecule has 0 saturated heterocycles. The van der Waals surface area contributed by atoms with Gasteiger partial charge in [0.05, 0.1) is 18.4 Å². The molecule has 31 heavy (non-hydrogen) atoms. The van der Waals surface area contributed by atoms with Crippen molar-refractivity contribution in [3.63, 3.8) is 0 Å². The van der Waals surface area contributed by atoms with Crippen LogP contribution in [0.15, 0.2) is 78.9 Å². The first kappa shape index (κ1) is 21.9. The van der Waals surface area contributed by atoms with Crippen LogP contribution in [0.1, 0.15) is 29.3 Å². The van der Waals surface area contributed by atoms with Gasteiger partial charge in [0, 0.05) is 6.54 Å². The molecular weight excluding hydrogens is 392 g/mol. The fraction of sp³-hybridized carbons (Fsp3) is 0.200. The zero-order valence-electron chi connectivity index (χ0n) is 17.6. The highest BCUT2D eigenvalue weighted by atomic mass is 16.5. The zero-order chi connectivity index (χ0) is 22.1. The van der Waals surface area contributed by atoms with E-state index in [0.717, 1.165) is 5.56 Å². The summed E-state index contributed by atoms with van der Waals surface area (Å²) in [6.07, 6.45) is -0.288. The maximum absolute atomic E-state index is 12.9. The minimum atomic E-state index is -0.739. The first-order valence-electron chi connectivity index (χ1n) is 10.1.